The number of aromatic nitrogens is 3. The van der Waals surface area contributed by atoms with Crippen LogP contribution in [0.25, 0.3) is 5.82 Å². The van der Waals surface area contributed by atoms with Crippen LogP contribution in [0.2, 0.25) is 0 Å². The Balaban J connectivity index is 2.39. The summed E-state index contributed by atoms with van der Waals surface area (Å²) in [6.45, 7) is -0.0255. The van der Waals surface area contributed by atoms with E-state index in [1.165, 1.54) is 0 Å². The second kappa shape index (κ2) is 3.47. The molecule has 2 aromatic rings. The maximum absolute atomic E-state index is 8.85. The third kappa shape index (κ3) is 1.57. The van der Waals surface area contributed by atoms with Crippen molar-refractivity contribution in [3.8, 4) is 5.82 Å². The highest BCUT2D eigenvalue weighted by molar-refractivity contribution is 5.42. The van der Waals surface area contributed by atoms with Gasteiger partial charge in [0.25, 0.3) is 0 Å². The first-order valence-corrected chi connectivity index (χ1v) is 4.16. The minimum absolute atomic E-state index is 0.0255. The molecule has 3 N–H and O–H groups in total. The number of nitrogens with zero attached hydrogens (tertiary/aromatic N) is 3. The zero-order chi connectivity index (χ0) is 9.97. The smallest absolute Gasteiger partial charge is 0.155 e. The zero-order valence-corrected chi connectivity index (χ0v) is 7.46. The van der Waals surface area contributed by atoms with E-state index in [1.807, 2.05) is 0 Å². The standard InChI is InChI=1S/C9H10N4O/c10-8-1-2-11-9(3-8)13-5-7(6-14)4-12-13/h1-5,14H,6H2,(H2,10,11). The molecule has 14 heavy (non-hydrogen) atoms. The van der Waals surface area contributed by atoms with Gasteiger partial charge in [-0.3, -0.25) is 0 Å². The first kappa shape index (κ1) is 8.71. The Bertz CT molecular complexity index is 438. The number of anilines is 1. The molecule has 0 atom stereocenters. The van der Waals surface area contributed by atoms with E-state index in [4.69, 9.17) is 10.8 Å². The molecular weight excluding hydrogens is 180 g/mol. The van der Waals surface area contributed by atoms with E-state index < -0.39 is 0 Å². The minimum Gasteiger partial charge on any atom is -0.399 e. The topological polar surface area (TPSA) is 77.0 Å². The maximum Gasteiger partial charge on any atom is 0.155 e. The van der Waals surface area contributed by atoms with Crippen molar-refractivity contribution >= 4 is 5.69 Å². The lowest BCUT2D eigenvalue weighted by Crippen LogP contribution is -1.98. The first-order valence-electron chi connectivity index (χ1n) is 4.16. The molecule has 0 saturated carbocycles. The van der Waals surface area contributed by atoms with E-state index in [1.54, 1.807) is 35.4 Å². The lowest BCUT2D eigenvalue weighted by Gasteiger charge is -1.99. The monoisotopic (exact) mass is 190 g/mol. The molecule has 0 aliphatic heterocycles. The molecule has 0 radical (unpaired) electrons. The van der Waals surface area contributed by atoms with Gasteiger partial charge < -0.3 is 10.8 Å². The summed E-state index contributed by atoms with van der Waals surface area (Å²) in [6.07, 6.45) is 4.91. The van der Waals surface area contributed by atoms with Crippen LogP contribution in [0.4, 0.5) is 5.69 Å². The van der Waals surface area contributed by atoms with Crippen molar-refractivity contribution < 1.29 is 5.11 Å². The molecular formula is C9H10N4O. The minimum atomic E-state index is -0.0255. The molecule has 5 nitrogen and oxygen atoms in total. The molecule has 0 aliphatic carbocycles. The fourth-order valence-electron chi connectivity index (χ4n) is 1.13. The van der Waals surface area contributed by atoms with Crippen molar-refractivity contribution in [2.24, 2.45) is 0 Å². The molecule has 72 valence electrons. The molecule has 0 spiro atoms. The van der Waals surface area contributed by atoms with Gasteiger partial charge in [-0.05, 0) is 6.07 Å². The number of rotatable bonds is 2. The Labute approximate surface area is 80.8 Å². The van der Waals surface area contributed by atoms with Gasteiger partial charge in [-0.2, -0.15) is 5.10 Å². The Morgan fingerprint density at radius 1 is 1.50 bits per heavy atom. The number of nitrogens with two attached hydrogens (primary N) is 1. The number of aliphatic hydroxyl groups is 1. The third-order valence-electron chi connectivity index (χ3n) is 1.82. The van der Waals surface area contributed by atoms with E-state index >= 15 is 0 Å². The molecule has 0 aliphatic rings. The summed E-state index contributed by atoms with van der Waals surface area (Å²) >= 11 is 0. The van der Waals surface area contributed by atoms with Gasteiger partial charge in [0, 0.05) is 29.7 Å². The van der Waals surface area contributed by atoms with Crippen LogP contribution in [0.3, 0.4) is 0 Å². The van der Waals surface area contributed by atoms with Gasteiger partial charge in [0.15, 0.2) is 5.82 Å². The highest BCUT2D eigenvalue weighted by Gasteiger charge is 2.00. The van der Waals surface area contributed by atoms with Crippen LogP contribution in [-0.4, -0.2) is 19.9 Å². The second-order valence-electron chi connectivity index (χ2n) is 2.90. The number of hydrogen-bond acceptors (Lipinski definition) is 4. The van der Waals surface area contributed by atoms with Crippen LogP contribution >= 0.6 is 0 Å². The van der Waals surface area contributed by atoms with Crippen LogP contribution in [0, 0.1) is 0 Å². The lowest BCUT2D eigenvalue weighted by molar-refractivity contribution is 0.282. The molecule has 5 heteroatoms. The lowest BCUT2D eigenvalue weighted by atomic mass is 10.4. The molecule has 2 aromatic heterocycles. The van der Waals surface area contributed by atoms with Crippen LogP contribution in [0.5, 0.6) is 0 Å². The molecule has 0 unspecified atom stereocenters. The molecule has 0 aromatic carbocycles. The summed E-state index contributed by atoms with van der Waals surface area (Å²) < 4.78 is 1.57. The Morgan fingerprint density at radius 2 is 2.36 bits per heavy atom. The molecule has 0 bridgehead atoms. The predicted molar refractivity (Wildman–Crippen MR) is 51.7 cm³/mol. The molecule has 0 saturated heterocycles. The van der Waals surface area contributed by atoms with Crippen LogP contribution in [-0.2, 0) is 6.61 Å². The van der Waals surface area contributed by atoms with Gasteiger partial charge in [-0.25, -0.2) is 9.67 Å². The summed E-state index contributed by atoms with van der Waals surface area (Å²) in [5.74, 6) is 0.643. The quantitative estimate of drug-likeness (QED) is 0.716. The van der Waals surface area contributed by atoms with Crippen LogP contribution in [0.1, 0.15) is 5.56 Å². The first-order chi connectivity index (χ1) is 6.79. The molecule has 0 amide bonds. The van der Waals surface area contributed by atoms with Gasteiger partial charge in [-0.15, -0.1) is 0 Å². The van der Waals surface area contributed by atoms with Gasteiger partial charge in [0.05, 0.1) is 12.8 Å². The van der Waals surface area contributed by atoms with Gasteiger partial charge in [-0.1, -0.05) is 0 Å². The Hall–Kier alpha value is -1.88. The maximum atomic E-state index is 8.85. The summed E-state index contributed by atoms with van der Waals surface area (Å²) in [7, 11) is 0. The van der Waals surface area contributed by atoms with E-state index in [-0.39, 0.29) is 6.61 Å². The predicted octanol–water partition coefficient (Wildman–Crippen LogP) is 0.342. The van der Waals surface area contributed by atoms with E-state index in [2.05, 4.69) is 10.1 Å². The molecule has 2 heterocycles. The van der Waals surface area contributed by atoms with Gasteiger partial charge in [0.2, 0.25) is 0 Å². The SMILES string of the molecule is Nc1ccnc(-n2cc(CO)cn2)c1. The highest BCUT2D eigenvalue weighted by atomic mass is 16.3. The Kier molecular flexibility index (Phi) is 2.16. The van der Waals surface area contributed by atoms with Crippen molar-refractivity contribution in [1.82, 2.24) is 14.8 Å². The largest absolute Gasteiger partial charge is 0.399 e. The number of pyridine rings is 1. The second-order valence-corrected chi connectivity index (χ2v) is 2.90. The Morgan fingerprint density at radius 3 is 3.00 bits per heavy atom. The summed E-state index contributed by atoms with van der Waals surface area (Å²) in [5.41, 5.74) is 6.98. The van der Waals surface area contributed by atoms with E-state index in [9.17, 15) is 0 Å². The summed E-state index contributed by atoms with van der Waals surface area (Å²) in [5, 5.41) is 12.9. The average Bonchev–Trinajstić information content (AvgIpc) is 2.66. The van der Waals surface area contributed by atoms with Crippen molar-refractivity contribution in [3.05, 3.63) is 36.3 Å². The molecule has 0 fully saturated rings. The van der Waals surface area contributed by atoms with Crippen LogP contribution < -0.4 is 5.73 Å². The van der Waals surface area contributed by atoms with Crippen molar-refractivity contribution in [1.29, 1.82) is 0 Å². The highest BCUT2D eigenvalue weighted by Crippen LogP contribution is 2.08. The number of hydrogen-bond donors (Lipinski definition) is 2. The van der Waals surface area contributed by atoms with Crippen LogP contribution in [0.15, 0.2) is 30.7 Å². The number of nitrogen functional groups attached to an aromatic ring is 1. The van der Waals surface area contributed by atoms with Crippen molar-refractivity contribution in [2.75, 3.05) is 5.73 Å². The van der Waals surface area contributed by atoms with Gasteiger partial charge in [0.1, 0.15) is 0 Å². The number of aliphatic hydroxyl groups excluding tert-OH is 1. The van der Waals surface area contributed by atoms with Crippen molar-refractivity contribution in [2.45, 2.75) is 6.61 Å². The third-order valence-corrected chi connectivity index (χ3v) is 1.82. The van der Waals surface area contributed by atoms with E-state index in [0.717, 1.165) is 5.56 Å². The average molecular weight is 190 g/mol. The summed E-state index contributed by atoms with van der Waals surface area (Å²) in [4.78, 5) is 4.10. The van der Waals surface area contributed by atoms with Gasteiger partial charge >= 0.3 is 0 Å². The van der Waals surface area contributed by atoms with Crippen molar-refractivity contribution in [3.63, 3.8) is 0 Å². The molecule has 2 rings (SSSR count). The zero-order valence-electron chi connectivity index (χ0n) is 7.46. The summed E-state index contributed by atoms with van der Waals surface area (Å²) in [6, 6.07) is 3.42. The van der Waals surface area contributed by atoms with E-state index in [0.29, 0.717) is 11.5 Å². The fourth-order valence-corrected chi connectivity index (χ4v) is 1.13. The normalized spacial score (nSPS) is 10.4. The fraction of sp³-hybridized carbons (Fsp3) is 0.111.